The number of rotatable bonds is 0. The average Bonchev–Trinajstić information content (AvgIpc) is 2.45. The quantitative estimate of drug-likeness (QED) is 0.480. The molecule has 2 aliphatic rings. The maximum absolute atomic E-state index is 8.64. The summed E-state index contributed by atoms with van der Waals surface area (Å²) in [5.74, 6) is 2.16. The van der Waals surface area contributed by atoms with Gasteiger partial charge in [-0.2, -0.15) is 5.26 Å². The molecule has 2 bridgehead atoms. The fourth-order valence-corrected chi connectivity index (χ4v) is 2.40. The lowest BCUT2D eigenvalue weighted by Crippen LogP contribution is -2.06. The minimum atomic E-state index is 0.434. The van der Waals surface area contributed by atoms with Gasteiger partial charge >= 0.3 is 0 Å². The lowest BCUT2D eigenvalue weighted by atomic mass is 9.90. The SMILES string of the molecule is N#C[C@@H]1C[C@@H]2CC[C@@H]1C2. The van der Waals surface area contributed by atoms with Crippen molar-refractivity contribution in [2.75, 3.05) is 0 Å². The molecule has 2 fully saturated rings. The molecule has 0 spiro atoms. The van der Waals surface area contributed by atoms with Gasteiger partial charge in [-0.1, -0.05) is 6.42 Å². The highest BCUT2D eigenvalue weighted by atomic mass is 14.4. The molecule has 0 saturated heterocycles. The smallest absolute Gasteiger partial charge is 0.0658 e. The van der Waals surface area contributed by atoms with Crippen molar-refractivity contribution >= 4 is 0 Å². The normalized spacial score (nSPS) is 47.2. The van der Waals surface area contributed by atoms with E-state index in [1.54, 1.807) is 0 Å². The first kappa shape index (κ1) is 5.29. The summed E-state index contributed by atoms with van der Waals surface area (Å²) in [4.78, 5) is 0. The van der Waals surface area contributed by atoms with E-state index in [2.05, 4.69) is 6.07 Å². The third kappa shape index (κ3) is 0.660. The number of hydrogen-bond donors (Lipinski definition) is 0. The molecule has 0 aromatic carbocycles. The zero-order valence-corrected chi connectivity index (χ0v) is 5.51. The number of hydrogen-bond acceptors (Lipinski definition) is 1. The molecule has 2 aliphatic carbocycles. The van der Waals surface area contributed by atoms with Crippen molar-refractivity contribution < 1.29 is 0 Å². The predicted molar refractivity (Wildman–Crippen MR) is 34.6 cm³/mol. The van der Waals surface area contributed by atoms with Crippen LogP contribution < -0.4 is 0 Å². The Morgan fingerprint density at radius 2 is 2.11 bits per heavy atom. The van der Waals surface area contributed by atoms with Gasteiger partial charge < -0.3 is 0 Å². The van der Waals surface area contributed by atoms with E-state index in [9.17, 15) is 0 Å². The third-order valence-corrected chi connectivity index (χ3v) is 2.90. The molecule has 0 aliphatic heterocycles. The minimum absolute atomic E-state index is 0.434. The summed E-state index contributed by atoms with van der Waals surface area (Å²) in [6.45, 7) is 0. The van der Waals surface area contributed by atoms with Crippen LogP contribution in [0.25, 0.3) is 0 Å². The van der Waals surface area contributed by atoms with Crippen LogP contribution in [0.4, 0.5) is 0 Å². The molecule has 0 aromatic heterocycles. The second kappa shape index (κ2) is 1.73. The molecule has 1 nitrogen and oxygen atoms in total. The molecule has 9 heavy (non-hydrogen) atoms. The molecule has 0 aromatic rings. The van der Waals surface area contributed by atoms with Gasteiger partial charge in [-0.25, -0.2) is 0 Å². The van der Waals surface area contributed by atoms with E-state index in [-0.39, 0.29) is 0 Å². The highest BCUT2D eigenvalue weighted by Crippen LogP contribution is 2.47. The van der Waals surface area contributed by atoms with Gasteiger partial charge in [0, 0.05) is 5.92 Å². The number of nitrogens with zero attached hydrogens (tertiary/aromatic N) is 1. The second-order valence-corrected chi connectivity index (χ2v) is 3.41. The fourth-order valence-electron chi connectivity index (χ4n) is 2.40. The van der Waals surface area contributed by atoms with Crippen LogP contribution in [-0.2, 0) is 0 Å². The molecular formula is C8H11N. The highest BCUT2D eigenvalue weighted by Gasteiger charge is 2.39. The molecule has 0 radical (unpaired) electrons. The van der Waals surface area contributed by atoms with Crippen molar-refractivity contribution in [2.45, 2.75) is 25.7 Å². The summed E-state index contributed by atoms with van der Waals surface area (Å²) >= 11 is 0. The van der Waals surface area contributed by atoms with Gasteiger partial charge in [0.05, 0.1) is 6.07 Å². The molecule has 1 heteroatoms. The first-order valence-corrected chi connectivity index (χ1v) is 3.80. The Balaban J connectivity index is 2.12. The Labute approximate surface area is 55.7 Å². The third-order valence-electron chi connectivity index (χ3n) is 2.90. The molecule has 0 heterocycles. The zero-order chi connectivity index (χ0) is 6.27. The van der Waals surface area contributed by atoms with Crippen molar-refractivity contribution in [3.63, 3.8) is 0 Å². The first-order chi connectivity index (χ1) is 4.40. The van der Waals surface area contributed by atoms with Crippen molar-refractivity contribution in [1.82, 2.24) is 0 Å². The van der Waals surface area contributed by atoms with Gasteiger partial charge in [-0.05, 0) is 31.1 Å². The van der Waals surface area contributed by atoms with Gasteiger partial charge in [0.25, 0.3) is 0 Å². The van der Waals surface area contributed by atoms with E-state index in [1.165, 1.54) is 25.7 Å². The van der Waals surface area contributed by atoms with Crippen LogP contribution in [0, 0.1) is 29.1 Å². The summed E-state index contributed by atoms with van der Waals surface area (Å²) in [7, 11) is 0. The van der Waals surface area contributed by atoms with E-state index in [4.69, 9.17) is 5.26 Å². The largest absolute Gasteiger partial charge is 0.198 e. The lowest BCUT2D eigenvalue weighted by molar-refractivity contribution is 0.402. The highest BCUT2D eigenvalue weighted by molar-refractivity contribution is 4.99. The van der Waals surface area contributed by atoms with Crippen molar-refractivity contribution in [3.05, 3.63) is 0 Å². The van der Waals surface area contributed by atoms with Crippen molar-refractivity contribution in [1.29, 1.82) is 5.26 Å². The predicted octanol–water partition coefficient (Wildman–Crippen LogP) is 1.95. The summed E-state index contributed by atoms with van der Waals surface area (Å²) in [5.41, 5.74) is 0. The van der Waals surface area contributed by atoms with Crippen LogP contribution in [0.2, 0.25) is 0 Å². The molecule has 2 rings (SSSR count). The van der Waals surface area contributed by atoms with E-state index < -0.39 is 0 Å². The van der Waals surface area contributed by atoms with Crippen LogP contribution in [0.15, 0.2) is 0 Å². The maximum Gasteiger partial charge on any atom is 0.0658 e. The Kier molecular flexibility index (Phi) is 1.02. The molecule has 0 unspecified atom stereocenters. The molecule has 0 amide bonds. The number of fused-ring (bicyclic) bond motifs is 2. The number of nitriles is 1. The van der Waals surface area contributed by atoms with Gasteiger partial charge in [-0.3, -0.25) is 0 Å². The van der Waals surface area contributed by atoms with E-state index in [0.717, 1.165) is 11.8 Å². The standard InChI is InChI=1S/C8H11N/c9-5-8-4-6-1-2-7(8)3-6/h6-8H,1-4H2/t6-,7-,8+/m1/s1. The second-order valence-electron chi connectivity index (χ2n) is 3.41. The van der Waals surface area contributed by atoms with Gasteiger partial charge in [0.1, 0.15) is 0 Å². The molecule has 2 saturated carbocycles. The summed E-state index contributed by atoms with van der Waals surface area (Å²) < 4.78 is 0. The van der Waals surface area contributed by atoms with Crippen LogP contribution in [0.1, 0.15) is 25.7 Å². The van der Waals surface area contributed by atoms with Crippen LogP contribution >= 0.6 is 0 Å². The Bertz CT molecular complexity index is 156. The van der Waals surface area contributed by atoms with Gasteiger partial charge in [-0.15, -0.1) is 0 Å². The van der Waals surface area contributed by atoms with Gasteiger partial charge in [0.15, 0.2) is 0 Å². The monoisotopic (exact) mass is 121 g/mol. The Hall–Kier alpha value is -0.510. The summed E-state index contributed by atoms with van der Waals surface area (Å²) in [6.07, 6.45) is 5.31. The van der Waals surface area contributed by atoms with Crippen LogP contribution in [-0.4, -0.2) is 0 Å². The average molecular weight is 121 g/mol. The minimum Gasteiger partial charge on any atom is -0.198 e. The zero-order valence-electron chi connectivity index (χ0n) is 5.51. The van der Waals surface area contributed by atoms with Crippen molar-refractivity contribution in [3.8, 4) is 6.07 Å². The molecular weight excluding hydrogens is 110 g/mol. The Morgan fingerprint density at radius 3 is 2.44 bits per heavy atom. The molecule has 0 N–H and O–H groups in total. The summed E-state index contributed by atoms with van der Waals surface area (Å²) in [6, 6.07) is 2.40. The molecule has 48 valence electrons. The summed E-state index contributed by atoms with van der Waals surface area (Å²) in [5, 5.41) is 8.64. The fraction of sp³-hybridized carbons (Fsp3) is 0.875. The maximum atomic E-state index is 8.64. The molecule has 3 atom stereocenters. The van der Waals surface area contributed by atoms with Crippen LogP contribution in [0.5, 0.6) is 0 Å². The van der Waals surface area contributed by atoms with E-state index >= 15 is 0 Å². The van der Waals surface area contributed by atoms with Crippen molar-refractivity contribution in [2.24, 2.45) is 17.8 Å². The lowest BCUT2D eigenvalue weighted by Gasteiger charge is -2.12. The van der Waals surface area contributed by atoms with E-state index in [1.807, 2.05) is 0 Å². The first-order valence-electron chi connectivity index (χ1n) is 3.80. The topological polar surface area (TPSA) is 23.8 Å². The van der Waals surface area contributed by atoms with E-state index in [0.29, 0.717) is 5.92 Å². The van der Waals surface area contributed by atoms with Gasteiger partial charge in [0.2, 0.25) is 0 Å². The van der Waals surface area contributed by atoms with Crippen LogP contribution in [0.3, 0.4) is 0 Å². The Morgan fingerprint density at radius 1 is 1.22 bits per heavy atom.